The number of carbonyl (C=O) groups is 2. The largest absolute Gasteiger partial charge is 0.504 e. The van der Waals surface area contributed by atoms with Crippen molar-refractivity contribution in [2.45, 2.75) is 25.9 Å². The zero-order chi connectivity index (χ0) is 18.3. The molecule has 1 amide bonds. The number of fused-ring (bicyclic) bond motifs is 1. The number of aliphatic carboxylic acids is 1. The average Bonchev–Trinajstić information content (AvgIpc) is 2.94. The standard InChI is InChI=1S/C18H17NO6/c1-9-13-11(15(21)16(22)14(9)20)8-19(17(13)23)12(18(24)25)7-10-5-3-2-4-6-10/h2-6,12,20-22H,7-8H2,1H3,(H,24,25)/t12-/m0/s1. The molecule has 0 saturated carbocycles. The Kier molecular flexibility index (Phi) is 4.00. The smallest absolute Gasteiger partial charge is 0.326 e. The Labute approximate surface area is 143 Å². The van der Waals surface area contributed by atoms with Crippen LogP contribution >= 0.6 is 0 Å². The number of nitrogens with zero attached hydrogens (tertiary/aromatic N) is 1. The second-order valence-electron chi connectivity index (χ2n) is 6.00. The van der Waals surface area contributed by atoms with Crippen LogP contribution in [0.25, 0.3) is 0 Å². The zero-order valence-corrected chi connectivity index (χ0v) is 13.4. The van der Waals surface area contributed by atoms with Crippen LogP contribution in [-0.4, -0.2) is 43.2 Å². The van der Waals surface area contributed by atoms with E-state index in [-0.39, 0.29) is 29.7 Å². The Bertz CT molecular complexity index is 862. The van der Waals surface area contributed by atoms with E-state index >= 15 is 0 Å². The van der Waals surface area contributed by atoms with Crippen molar-refractivity contribution in [1.29, 1.82) is 0 Å². The van der Waals surface area contributed by atoms with Crippen LogP contribution in [0.2, 0.25) is 0 Å². The predicted molar refractivity (Wildman–Crippen MR) is 87.6 cm³/mol. The van der Waals surface area contributed by atoms with E-state index < -0.39 is 35.2 Å². The molecule has 2 aromatic rings. The number of rotatable bonds is 4. The van der Waals surface area contributed by atoms with Gasteiger partial charge in [-0.3, -0.25) is 4.79 Å². The summed E-state index contributed by atoms with van der Waals surface area (Å²) in [6, 6.07) is 7.77. The topological polar surface area (TPSA) is 118 Å². The normalized spacial score (nSPS) is 14.4. The minimum Gasteiger partial charge on any atom is -0.504 e. The molecule has 25 heavy (non-hydrogen) atoms. The number of phenolic OH excluding ortho intramolecular Hbond substituents is 3. The summed E-state index contributed by atoms with van der Waals surface area (Å²) in [6.45, 7) is 1.28. The maximum Gasteiger partial charge on any atom is 0.326 e. The molecule has 130 valence electrons. The van der Waals surface area contributed by atoms with Crippen LogP contribution in [0, 0.1) is 6.92 Å². The molecule has 0 radical (unpaired) electrons. The van der Waals surface area contributed by atoms with Crippen molar-refractivity contribution in [2.24, 2.45) is 0 Å². The van der Waals surface area contributed by atoms with E-state index in [0.717, 1.165) is 10.5 Å². The summed E-state index contributed by atoms with van der Waals surface area (Å²) in [5, 5.41) is 39.2. The highest BCUT2D eigenvalue weighted by atomic mass is 16.4. The van der Waals surface area contributed by atoms with Crippen molar-refractivity contribution >= 4 is 11.9 Å². The first-order chi connectivity index (χ1) is 11.8. The van der Waals surface area contributed by atoms with Gasteiger partial charge in [-0.05, 0) is 12.5 Å². The lowest BCUT2D eigenvalue weighted by Crippen LogP contribution is -2.43. The monoisotopic (exact) mass is 343 g/mol. The van der Waals surface area contributed by atoms with E-state index in [0.29, 0.717) is 0 Å². The molecule has 4 N–H and O–H groups in total. The Hall–Kier alpha value is -3.22. The zero-order valence-electron chi connectivity index (χ0n) is 13.4. The molecule has 0 spiro atoms. The average molecular weight is 343 g/mol. The van der Waals surface area contributed by atoms with Crippen LogP contribution < -0.4 is 0 Å². The molecule has 0 aromatic heterocycles. The molecule has 0 saturated heterocycles. The Morgan fingerprint density at radius 1 is 1.12 bits per heavy atom. The van der Waals surface area contributed by atoms with Gasteiger partial charge >= 0.3 is 5.97 Å². The van der Waals surface area contributed by atoms with E-state index in [2.05, 4.69) is 0 Å². The number of amides is 1. The molecule has 1 aliphatic rings. The molecule has 3 rings (SSSR count). The predicted octanol–water partition coefficient (Wildman–Crippen LogP) is 1.76. The first-order valence-corrected chi connectivity index (χ1v) is 7.67. The molecule has 7 heteroatoms. The number of phenols is 3. The highest BCUT2D eigenvalue weighted by molar-refractivity contribution is 6.03. The van der Waals surface area contributed by atoms with Crippen LogP contribution in [0.4, 0.5) is 0 Å². The fourth-order valence-electron chi connectivity index (χ4n) is 3.14. The lowest BCUT2D eigenvalue weighted by molar-refractivity contribution is -0.142. The minimum absolute atomic E-state index is 0.0344. The van der Waals surface area contributed by atoms with Crippen LogP contribution in [0.1, 0.15) is 27.0 Å². The van der Waals surface area contributed by atoms with Crippen molar-refractivity contribution < 1.29 is 30.0 Å². The van der Waals surface area contributed by atoms with Crippen molar-refractivity contribution in [3.63, 3.8) is 0 Å². The fraction of sp³-hybridized carbons (Fsp3) is 0.222. The maximum atomic E-state index is 12.7. The molecule has 1 aliphatic heterocycles. The SMILES string of the molecule is Cc1c(O)c(O)c(O)c2c1C(=O)N([C@@H](Cc1ccccc1)C(=O)O)C2. The lowest BCUT2D eigenvalue weighted by Gasteiger charge is -2.24. The van der Waals surface area contributed by atoms with Gasteiger partial charge in [-0.15, -0.1) is 0 Å². The molecule has 1 heterocycles. The summed E-state index contributed by atoms with van der Waals surface area (Å²) in [6.07, 6.45) is 0.105. The molecule has 0 unspecified atom stereocenters. The van der Waals surface area contributed by atoms with E-state index in [1.807, 2.05) is 6.07 Å². The first-order valence-electron chi connectivity index (χ1n) is 7.67. The highest BCUT2D eigenvalue weighted by Crippen LogP contribution is 2.46. The van der Waals surface area contributed by atoms with Crippen LogP contribution in [0.5, 0.6) is 17.2 Å². The van der Waals surface area contributed by atoms with E-state index in [1.54, 1.807) is 24.3 Å². The molecular formula is C18H17NO6. The maximum absolute atomic E-state index is 12.7. The number of hydrogen-bond acceptors (Lipinski definition) is 5. The number of aromatic hydroxyl groups is 3. The quantitative estimate of drug-likeness (QED) is 0.628. The molecule has 7 nitrogen and oxygen atoms in total. The molecule has 0 aliphatic carbocycles. The van der Waals surface area contributed by atoms with Gasteiger partial charge in [-0.25, -0.2) is 4.79 Å². The Morgan fingerprint density at radius 2 is 1.76 bits per heavy atom. The van der Waals surface area contributed by atoms with Gasteiger partial charge in [0.05, 0.1) is 12.1 Å². The molecule has 1 atom stereocenters. The van der Waals surface area contributed by atoms with Gasteiger partial charge in [0.1, 0.15) is 6.04 Å². The lowest BCUT2D eigenvalue weighted by atomic mass is 10.0. The summed E-state index contributed by atoms with van der Waals surface area (Å²) in [5.41, 5.74) is 1.02. The second kappa shape index (κ2) is 6.01. The van der Waals surface area contributed by atoms with E-state index in [4.69, 9.17) is 0 Å². The van der Waals surface area contributed by atoms with Gasteiger partial charge in [0.2, 0.25) is 5.75 Å². The van der Waals surface area contributed by atoms with Crippen LogP contribution in [0.15, 0.2) is 30.3 Å². The van der Waals surface area contributed by atoms with Gasteiger partial charge in [-0.1, -0.05) is 30.3 Å². The summed E-state index contributed by atoms with van der Waals surface area (Å²) < 4.78 is 0. The second-order valence-corrected chi connectivity index (χ2v) is 6.00. The van der Waals surface area contributed by atoms with Gasteiger partial charge in [-0.2, -0.15) is 0 Å². The summed E-state index contributed by atoms with van der Waals surface area (Å²) in [5.74, 6) is -3.66. The van der Waals surface area contributed by atoms with Crippen molar-refractivity contribution in [3.8, 4) is 17.2 Å². The molecule has 2 aromatic carbocycles. The van der Waals surface area contributed by atoms with Crippen LogP contribution in [-0.2, 0) is 17.8 Å². The molecule has 0 bridgehead atoms. The van der Waals surface area contributed by atoms with E-state index in [1.165, 1.54) is 6.92 Å². The summed E-state index contributed by atoms with van der Waals surface area (Å²) >= 11 is 0. The molecule has 0 fully saturated rings. The van der Waals surface area contributed by atoms with Crippen molar-refractivity contribution in [2.75, 3.05) is 0 Å². The van der Waals surface area contributed by atoms with Crippen molar-refractivity contribution in [3.05, 3.63) is 52.6 Å². The summed E-state index contributed by atoms with van der Waals surface area (Å²) in [4.78, 5) is 25.6. The third-order valence-corrected chi connectivity index (χ3v) is 4.50. The minimum atomic E-state index is -1.17. The van der Waals surface area contributed by atoms with Gasteiger partial charge in [0.15, 0.2) is 11.5 Å². The number of carboxylic acids is 1. The number of carbonyl (C=O) groups excluding carboxylic acids is 1. The third-order valence-electron chi connectivity index (χ3n) is 4.50. The van der Waals surface area contributed by atoms with Crippen LogP contribution in [0.3, 0.4) is 0 Å². The van der Waals surface area contributed by atoms with Crippen molar-refractivity contribution in [1.82, 2.24) is 4.90 Å². The fourth-order valence-corrected chi connectivity index (χ4v) is 3.14. The van der Waals surface area contributed by atoms with Gasteiger partial charge in [0, 0.05) is 17.5 Å². The Balaban J connectivity index is 2.00. The summed E-state index contributed by atoms with van der Waals surface area (Å²) in [7, 11) is 0. The highest BCUT2D eigenvalue weighted by Gasteiger charge is 2.40. The first kappa shape index (κ1) is 16.6. The third kappa shape index (κ3) is 2.63. The Morgan fingerprint density at radius 3 is 2.36 bits per heavy atom. The number of carboxylic acid groups (broad SMARTS) is 1. The van der Waals surface area contributed by atoms with Gasteiger partial charge in [0.25, 0.3) is 5.91 Å². The number of benzene rings is 2. The number of hydrogen-bond donors (Lipinski definition) is 4. The van der Waals surface area contributed by atoms with E-state index in [9.17, 15) is 30.0 Å². The molecular weight excluding hydrogens is 326 g/mol. The van der Waals surface area contributed by atoms with Gasteiger partial charge < -0.3 is 25.3 Å².